The van der Waals surface area contributed by atoms with Gasteiger partial charge in [-0.2, -0.15) is 0 Å². The molecule has 0 bridgehead atoms. The van der Waals surface area contributed by atoms with Crippen LogP contribution in [0.4, 0.5) is 5.13 Å². The second-order valence-electron chi connectivity index (χ2n) is 4.16. The van der Waals surface area contributed by atoms with Crippen LogP contribution in [0, 0.1) is 13.8 Å². The Bertz CT molecular complexity index is 405. The van der Waals surface area contributed by atoms with Gasteiger partial charge in [0.1, 0.15) is 6.04 Å². The summed E-state index contributed by atoms with van der Waals surface area (Å²) in [6, 6.07) is -0.298. The highest BCUT2D eigenvalue weighted by atomic mass is 35.5. The van der Waals surface area contributed by atoms with E-state index in [4.69, 9.17) is 4.74 Å². The summed E-state index contributed by atoms with van der Waals surface area (Å²) in [5, 5.41) is 6.64. The summed E-state index contributed by atoms with van der Waals surface area (Å²) < 4.78 is 5.44. The Balaban J connectivity index is 0.00000162. The van der Waals surface area contributed by atoms with Gasteiger partial charge < -0.3 is 15.4 Å². The van der Waals surface area contributed by atoms with Crippen molar-refractivity contribution in [2.24, 2.45) is 0 Å². The van der Waals surface area contributed by atoms with Crippen molar-refractivity contribution in [2.75, 3.05) is 18.5 Å². The third-order valence-electron chi connectivity index (χ3n) is 2.86. The van der Waals surface area contributed by atoms with Crippen molar-refractivity contribution in [1.82, 2.24) is 10.3 Å². The van der Waals surface area contributed by atoms with Crippen molar-refractivity contribution in [3.05, 3.63) is 10.6 Å². The molecule has 1 saturated heterocycles. The molecule has 0 saturated carbocycles. The van der Waals surface area contributed by atoms with Gasteiger partial charge in [-0.15, -0.1) is 23.7 Å². The van der Waals surface area contributed by atoms with Crippen LogP contribution in [0.3, 0.4) is 0 Å². The molecule has 1 fully saturated rings. The molecule has 0 aliphatic carbocycles. The lowest BCUT2D eigenvalue weighted by molar-refractivity contribution is -0.123. The van der Waals surface area contributed by atoms with Gasteiger partial charge in [0.2, 0.25) is 5.91 Å². The Kier molecular flexibility index (Phi) is 5.52. The molecule has 1 amide bonds. The van der Waals surface area contributed by atoms with E-state index >= 15 is 0 Å². The van der Waals surface area contributed by atoms with Gasteiger partial charge in [0.25, 0.3) is 0 Å². The van der Waals surface area contributed by atoms with Crippen molar-refractivity contribution in [2.45, 2.75) is 32.9 Å². The Hall–Kier alpha value is -0.690. The van der Waals surface area contributed by atoms with Crippen LogP contribution < -0.4 is 10.6 Å². The van der Waals surface area contributed by atoms with E-state index in [-0.39, 0.29) is 30.5 Å². The summed E-state index contributed by atoms with van der Waals surface area (Å²) in [5.41, 5.74) is 0.964. The molecule has 1 aromatic rings. The number of nitrogens with zero attached hydrogens (tertiary/aromatic N) is 1. The Morgan fingerprint density at radius 3 is 2.83 bits per heavy atom. The van der Waals surface area contributed by atoms with Crippen molar-refractivity contribution < 1.29 is 9.53 Å². The fourth-order valence-electron chi connectivity index (χ4n) is 1.74. The number of nitrogens with one attached hydrogen (secondary N) is 2. The number of ether oxygens (including phenoxy) is 1. The second kappa shape index (κ2) is 6.47. The normalized spacial score (nSPS) is 23.3. The van der Waals surface area contributed by atoms with Crippen LogP contribution in [0.25, 0.3) is 0 Å². The molecule has 102 valence electrons. The van der Waals surface area contributed by atoms with E-state index in [0.717, 1.165) is 10.6 Å². The molecular weight excluding hydrogens is 274 g/mol. The highest BCUT2D eigenvalue weighted by Crippen LogP contribution is 2.21. The Morgan fingerprint density at radius 1 is 1.56 bits per heavy atom. The molecule has 2 N–H and O–H groups in total. The van der Waals surface area contributed by atoms with Crippen LogP contribution in [0.15, 0.2) is 0 Å². The van der Waals surface area contributed by atoms with Crippen molar-refractivity contribution in [3.63, 3.8) is 0 Å². The number of hydrogen-bond donors (Lipinski definition) is 2. The minimum absolute atomic E-state index is 0. The first-order valence-electron chi connectivity index (χ1n) is 5.68. The van der Waals surface area contributed by atoms with Crippen molar-refractivity contribution in [3.8, 4) is 0 Å². The zero-order valence-corrected chi connectivity index (χ0v) is 12.3. The SMILES string of the molecule is Cc1nc(NC(=O)[C@H]2NCCO[C@@H]2C)sc1C.Cl. The topological polar surface area (TPSA) is 63.2 Å². The van der Waals surface area contributed by atoms with Gasteiger partial charge in [0, 0.05) is 11.4 Å². The zero-order valence-electron chi connectivity index (χ0n) is 10.6. The summed E-state index contributed by atoms with van der Waals surface area (Å²) >= 11 is 1.50. The predicted molar refractivity (Wildman–Crippen MR) is 74.7 cm³/mol. The first kappa shape index (κ1) is 15.4. The first-order valence-corrected chi connectivity index (χ1v) is 6.49. The molecule has 0 unspecified atom stereocenters. The van der Waals surface area contributed by atoms with Crippen LogP contribution in [0.2, 0.25) is 0 Å². The largest absolute Gasteiger partial charge is 0.375 e. The van der Waals surface area contributed by atoms with Crippen molar-refractivity contribution >= 4 is 34.8 Å². The van der Waals surface area contributed by atoms with Crippen LogP contribution in [-0.4, -0.2) is 36.2 Å². The number of carbonyl (C=O) groups is 1. The average molecular weight is 292 g/mol. The predicted octanol–water partition coefficient (Wildman–Crippen LogP) is 1.50. The summed E-state index contributed by atoms with van der Waals surface area (Å²) in [6.07, 6.45) is -0.106. The number of thiazole rings is 1. The molecule has 18 heavy (non-hydrogen) atoms. The van der Waals surface area contributed by atoms with Gasteiger partial charge in [-0.25, -0.2) is 4.98 Å². The zero-order chi connectivity index (χ0) is 12.4. The van der Waals surface area contributed by atoms with Gasteiger partial charge in [-0.3, -0.25) is 4.79 Å². The number of aromatic nitrogens is 1. The van der Waals surface area contributed by atoms with E-state index in [2.05, 4.69) is 15.6 Å². The van der Waals surface area contributed by atoms with Crippen LogP contribution in [0.1, 0.15) is 17.5 Å². The lowest BCUT2D eigenvalue weighted by atomic mass is 10.1. The third kappa shape index (κ3) is 3.41. The number of rotatable bonds is 2. The number of amides is 1. The Labute approximate surface area is 117 Å². The molecule has 1 aliphatic heterocycles. The molecule has 7 heteroatoms. The van der Waals surface area contributed by atoms with Crippen molar-refractivity contribution in [1.29, 1.82) is 0 Å². The number of carbonyl (C=O) groups excluding carboxylic acids is 1. The van der Waals surface area contributed by atoms with Gasteiger partial charge in [0.15, 0.2) is 5.13 Å². The Morgan fingerprint density at radius 2 is 2.28 bits per heavy atom. The molecule has 1 aliphatic rings. The average Bonchev–Trinajstić information content (AvgIpc) is 2.58. The standard InChI is InChI=1S/C11H17N3O2S.ClH/c1-6-8(3)17-11(13-6)14-10(15)9-7(2)16-5-4-12-9;/h7,9,12H,4-5H2,1-3H3,(H,13,14,15);1H/t7-,9+;/m1./s1. The van der Waals surface area contributed by atoms with E-state index in [1.165, 1.54) is 11.3 Å². The third-order valence-corrected chi connectivity index (χ3v) is 3.85. The lowest BCUT2D eigenvalue weighted by Gasteiger charge is -2.28. The number of morpholine rings is 1. The summed E-state index contributed by atoms with van der Waals surface area (Å²) in [4.78, 5) is 17.4. The molecule has 2 rings (SSSR count). The molecule has 1 aromatic heterocycles. The number of aryl methyl sites for hydroxylation is 2. The van der Waals surface area contributed by atoms with Crippen LogP contribution in [0.5, 0.6) is 0 Å². The molecule has 0 aromatic carbocycles. The van der Waals surface area contributed by atoms with E-state index in [0.29, 0.717) is 18.3 Å². The van der Waals surface area contributed by atoms with Crippen LogP contribution >= 0.6 is 23.7 Å². The minimum atomic E-state index is -0.298. The lowest BCUT2D eigenvalue weighted by Crippen LogP contribution is -2.53. The molecule has 0 radical (unpaired) electrons. The van der Waals surface area contributed by atoms with Crippen LogP contribution in [-0.2, 0) is 9.53 Å². The number of halogens is 1. The molecular formula is C11H18ClN3O2S. The fraction of sp³-hybridized carbons (Fsp3) is 0.636. The molecule has 2 heterocycles. The highest BCUT2D eigenvalue weighted by molar-refractivity contribution is 7.15. The highest BCUT2D eigenvalue weighted by Gasteiger charge is 2.28. The van der Waals surface area contributed by atoms with Gasteiger partial charge in [-0.1, -0.05) is 0 Å². The maximum absolute atomic E-state index is 12.0. The van der Waals surface area contributed by atoms with E-state index < -0.39 is 0 Å². The molecule has 0 spiro atoms. The maximum Gasteiger partial charge on any atom is 0.245 e. The van der Waals surface area contributed by atoms with E-state index in [1.807, 2.05) is 20.8 Å². The fourth-order valence-corrected chi connectivity index (χ4v) is 2.55. The molecule has 2 atom stereocenters. The second-order valence-corrected chi connectivity index (χ2v) is 5.36. The van der Waals surface area contributed by atoms with Gasteiger partial charge in [0.05, 0.1) is 18.4 Å². The summed E-state index contributed by atoms with van der Waals surface area (Å²) in [5.74, 6) is -0.0778. The molecule has 5 nitrogen and oxygen atoms in total. The first-order chi connectivity index (χ1) is 8.08. The van der Waals surface area contributed by atoms with E-state index in [1.54, 1.807) is 0 Å². The van der Waals surface area contributed by atoms with Gasteiger partial charge in [-0.05, 0) is 20.8 Å². The maximum atomic E-state index is 12.0. The van der Waals surface area contributed by atoms with Gasteiger partial charge >= 0.3 is 0 Å². The number of hydrogen-bond acceptors (Lipinski definition) is 5. The smallest absolute Gasteiger partial charge is 0.245 e. The summed E-state index contributed by atoms with van der Waals surface area (Å²) in [7, 11) is 0. The number of anilines is 1. The minimum Gasteiger partial charge on any atom is -0.375 e. The quantitative estimate of drug-likeness (QED) is 0.867. The summed E-state index contributed by atoms with van der Waals surface area (Å²) in [6.45, 7) is 7.19. The van der Waals surface area contributed by atoms with E-state index in [9.17, 15) is 4.79 Å². The monoisotopic (exact) mass is 291 g/mol.